The van der Waals surface area contributed by atoms with E-state index in [1.54, 1.807) is 0 Å². The number of hydrogen-bond donors (Lipinski definition) is 0. The molecule has 0 radical (unpaired) electrons. The van der Waals surface area contributed by atoms with Gasteiger partial charge in [0.15, 0.2) is 0 Å². The molecule has 0 aromatic rings. The van der Waals surface area contributed by atoms with Crippen LogP contribution in [-0.4, -0.2) is 12.1 Å². The Morgan fingerprint density at radius 2 is 1.83 bits per heavy atom. The normalized spacial score (nSPS) is 50.5. The van der Waals surface area contributed by atoms with Crippen LogP contribution in [0, 0.1) is 17.8 Å². The van der Waals surface area contributed by atoms with Crippen LogP contribution < -0.4 is 0 Å². The second kappa shape index (κ2) is 2.24. The van der Waals surface area contributed by atoms with Gasteiger partial charge in [-0.2, -0.15) is 0 Å². The number of ether oxygens (including phenoxy) is 1. The van der Waals surface area contributed by atoms with Crippen molar-refractivity contribution < 1.29 is 9.53 Å². The fourth-order valence-electron chi connectivity index (χ4n) is 3.30. The van der Waals surface area contributed by atoms with Crippen LogP contribution in [0.15, 0.2) is 0 Å². The monoisotopic (exact) mass is 166 g/mol. The van der Waals surface area contributed by atoms with Crippen LogP contribution in [0.4, 0.5) is 0 Å². The van der Waals surface area contributed by atoms with Crippen molar-refractivity contribution in [3.05, 3.63) is 0 Å². The molecule has 2 saturated heterocycles. The first kappa shape index (κ1) is 6.93. The van der Waals surface area contributed by atoms with Gasteiger partial charge in [-0.05, 0) is 37.5 Å². The summed E-state index contributed by atoms with van der Waals surface area (Å²) >= 11 is 0. The van der Waals surface area contributed by atoms with E-state index < -0.39 is 0 Å². The van der Waals surface area contributed by atoms with E-state index >= 15 is 0 Å². The van der Waals surface area contributed by atoms with Gasteiger partial charge in [0, 0.05) is 0 Å². The summed E-state index contributed by atoms with van der Waals surface area (Å²) in [4.78, 5) is 11.3. The minimum atomic E-state index is 0.0920. The number of carbonyl (C=O) groups is 1. The van der Waals surface area contributed by atoms with Crippen LogP contribution >= 0.6 is 0 Å². The molecule has 0 N–H and O–H groups in total. The Hall–Kier alpha value is -0.530. The van der Waals surface area contributed by atoms with Crippen LogP contribution in [-0.2, 0) is 9.53 Å². The molecule has 2 heteroatoms. The van der Waals surface area contributed by atoms with Gasteiger partial charge in [-0.15, -0.1) is 0 Å². The van der Waals surface area contributed by atoms with E-state index in [4.69, 9.17) is 4.74 Å². The number of esters is 1. The Labute approximate surface area is 72.3 Å². The molecule has 0 aromatic carbocycles. The van der Waals surface area contributed by atoms with Crippen molar-refractivity contribution in [1.82, 2.24) is 0 Å². The minimum Gasteiger partial charge on any atom is -0.462 e. The van der Waals surface area contributed by atoms with Crippen LogP contribution in [0.2, 0.25) is 0 Å². The topological polar surface area (TPSA) is 26.3 Å². The lowest BCUT2D eigenvalue weighted by Crippen LogP contribution is -2.51. The van der Waals surface area contributed by atoms with Crippen molar-refractivity contribution in [2.75, 3.05) is 0 Å². The van der Waals surface area contributed by atoms with Crippen LogP contribution in [0.5, 0.6) is 0 Å². The lowest BCUT2D eigenvalue weighted by atomic mass is 9.64. The molecule has 2 atom stereocenters. The van der Waals surface area contributed by atoms with Gasteiger partial charge in [0.2, 0.25) is 0 Å². The molecule has 0 aromatic heterocycles. The lowest BCUT2D eigenvalue weighted by Gasteiger charge is -2.49. The molecule has 2 heterocycles. The third kappa shape index (κ3) is 0.782. The summed E-state index contributed by atoms with van der Waals surface area (Å²) in [5.74, 6) is 1.81. The van der Waals surface area contributed by atoms with Crippen molar-refractivity contribution in [2.45, 2.75) is 38.2 Å². The van der Waals surface area contributed by atoms with Crippen LogP contribution in [0.3, 0.4) is 0 Å². The molecular weight excluding hydrogens is 152 g/mol. The van der Waals surface area contributed by atoms with Crippen LogP contribution in [0.25, 0.3) is 0 Å². The van der Waals surface area contributed by atoms with Crippen molar-refractivity contribution in [1.29, 1.82) is 0 Å². The molecule has 4 fully saturated rings. The second-order valence-corrected chi connectivity index (χ2v) is 4.52. The summed E-state index contributed by atoms with van der Waals surface area (Å²) in [6.07, 6.45) is 6.52. The fourth-order valence-corrected chi connectivity index (χ4v) is 3.30. The molecule has 2 aliphatic heterocycles. The Morgan fingerprint density at radius 1 is 1.17 bits per heavy atom. The fraction of sp³-hybridized carbons (Fsp3) is 0.900. The first-order chi connectivity index (χ1) is 5.84. The summed E-state index contributed by atoms with van der Waals surface area (Å²) in [7, 11) is 0. The Balaban J connectivity index is 1.91. The lowest BCUT2D eigenvalue weighted by molar-refractivity contribution is -0.190. The Kier molecular flexibility index (Phi) is 1.29. The molecule has 2 nitrogen and oxygen atoms in total. The quantitative estimate of drug-likeness (QED) is 0.512. The first-order valence-electron chi connectivity index (χ1n) is 5.05. The van der Waals surface area contributed by atoms with Crippen molar-refractivity contribution in [2.24, 2.45) is 17.8 Å². The standard InChI is InChI=1S/C10H14O2/c11-10-8-4-6-2-1-3-7(5-8)9(6)12-10/h6-9H,1-5H2. The second-order valence-electron chi connectivity index (χ2n) is 4.52. The van der Waals surface area contributed by atoms with Gasteiger partial charge in [-0.1, -0.05) is 6.42 Å². The molecule has 0 spiro atoms. The zero-order valence-electron chi connectivity index (χ0n) is 7.16. The molecule has 4 rings (SSSR count). The highest BCUT2D eigenvalue weighted by Gasteiger charge is 2.49. The molecule has 4 aliphatic rings. The third-order valence-corrected chi connectivity index (χ3v) is 3.84. The van der Waals surface area contributed by atoms with E-state index in [0.29, 0.717) is 6.10 Å². The van der Waals surface area contributed by atoms with E-state index in [1.807, 2.05) is 0 Å². The number of rotatable bonds is 0. The van der Waals surface area contributed by atoms with E-state index in [2.05, 4.69) is 0 Å². The Bertz CT molecular complexity index is 210. The molecule has 66 valence electrons. The summed E-state index contributed by atoms with van der Waals surface area (Å²) in [6.45, 7) is 0. The maximum atomic E-state index is 11.3. The molecule has 0 amide bonds. The van der Waals surface area contributed by atoms with Gasteiger partial charge >= 0.3 is 5.97 Å². The van der Waals surface area contributed by atoms with E-state index in [0.717, 1.165) is 24.7 Å². The maximum absolute atomic E-state index is 11.3. The van der Waals surface area contributed by atoms with E-state index in [1.165, 1.54) is 19.3 Å². The highest BCUT2D eigenvalue weighted by atomic mass is 16.5. The average molecular weight is 166 g/mol. The summed E-state index contributed by atoms with van der Waals surface area (Å²) < 4.78 is 5.41. The number of fused-ring (bicyclic) bond motifs is 1. The molecule has 2 unspecified atom stereocenters. The summed E-state index contributed by atoms with van der Waals surface area (Å²) in [5, 5.41) is 0. The van der Waals surface area contributed by atoms with Gasteiger partial charge < -0.3 is 4.74 Å². The summed E-state index contributed by atoms with van der Waals surface area (Å²) in [6, 6.07) is 0. The third-order valence-electron chi connectivity index (χ3n) is 3.84. The van der Waals surface area contributed by atoms with Crippen molar-refractivity contribution in [3.8, 4) is 0 Å². The maximum Gasteiger partial charge on any atom is 0.309 e. The minimum absolute atomic E-state index is 0.0920. The van der Waals surface area contributed by atoms with E-state index in [-0.39, 0.29) is 11.9 Å². The van der Waals surface area contributed by atoms with Gasteiger partial charge in [-0.25, -0.2) is 0 Å². The van der Waals surface area contributed by atoms with E-state index in [9.17, 15) is 4.79 Å². The summed E-state index contributed by atoms with van der Waals surface area (Å²) in [5.41, 5.74) is 0. The predicted molar refractivity (Wildman–Crippen MR) is 43.4 cm³/mol. The van der Waals surface area contributed by atoms with Gasteiger partial charge in [-0.3, -0.25) is 4.79 Å². The SMILES string of the molecule is O=C1OC2C3CCCC2CC1C3. The smallest absolute Gasteiger partial charge is 0.309 e. The first-order valence-corrected chi connectivity index (χ1v) is 5.05. The molecule has 2 saturated carbocycles. The van der Waals surface area contributed by atoms with Crippen molar-refractivity contribution >= 4 is 5.97 Å². The highest BCUT2D eigenvalue weighted by molar-refractivity contribution is 5.74. The van der Waals surface area contributed by atoms with Crippen molar-refractivity contribution in [3.63, 3.8) is 0 Å². The van der Waals surface area contributed by atoms with Gasteiger partial charge in [0.05, 0.1) is 5.92 Å². The highest BCUT2D eigenvalue weighted by Crippen LogP contribution is 2.48. The largest absolute Gasteiger partial charge is 0.462 e. The molecular formula is C10H14O2. The predicted octanol–water partition coefficient (Wildman–Crippen LogP) is 1.74. The number of carbonyl (C=O) groups excluding carboxylic acids is 1. The average Bonchev–Trinajstić information content (AvgIpc) is 2.03. The zero-order valence-corrected chi connectivity index (χ0v) is 7.16. The molecule has 12 heavy (non-hydrogen) atoms. The van der Waals surface area contributed by atoms with Gasteiger partial charge in [0.1, 0.15) is 6.10 Å². The molecule has 4 bridgehead atoms. The van der Waals surface area contributed by atoms with Gasteiger partial charge in [0.25, 0.3) is 0 Å². The Morgan fingerprint density at radius 3 is 2.42 bits per heavy atom. The molecule has 2 aliphatic carbocycles. The number of hydrogen-bond acceptors (Lipinski definition) is 2. The zero-order chi connectivity index (χ0) is 8.13. The van der Waals surface area contributed by atoms with Crippen LogP contribution in [0.1, 0.15) is 32.1 Å².